The summed E-state index contributed by atoms with van der Waals surface area (Å²) in [6.45, 7) is 2.25. The first-order valence-corrected chi connectivity index (χ1v) is 6.49. The molecule has 1 aromatic rings. The molecule has 2 nitrogen and oxygen atoms in total. The molecule has 82 valence electrons. The maximum Gasteiger partial charge on any atom is 0.224 e. The van der Waals surface area contributed by atoms with Crippen molar-refractivity contribution in [3.63, 3.8) is 0 Å². The fraction of sp³-hybridized carbons (Fsp3) is 0.583. The lowest BCUT2D eigenvalue weighted by Crippen LogP contribution is -2.33. The molecule has 0 aromatic carbocycles. The number of thiophene rings is 1. The van der Waals surface area contributed by atoms with E-state index in [0.29, 0.717) is 12.5 Å². The molecule has 2 atom stereocenters. The van der Waals surface area contributed by atoms with Gasteiger partial charge in [0.2, 0.25) is 5.91 Å². The predicted octanol–water partition coefficient (Wildman–Crippen LogP) is 2.60. The first-order valence-electron chi connectivity index (χ1n) is 5.54. The van der Waals surface area contributed by atoms with Gasteiger partial charge < -0.3 is 5.32 Å². The van der Waals surface area contributed by atoms with Crippen molar-refractivity contribution in [3.05, 3.63) is 22.4 Å². The van der Waals surface area contributed by atoms with E-state index in [1.165, 1.54) is 6.42 Å². The number of nitrogens with one attached hydrogen (secondary N) is 1. The Morgan fingerprint density at radius 1 is 1.60 bits per heavy atom. The van der Waals surface area contributed by atoms with Crippen LogP contribution in [0.3, 0.4) is 0 Å². The standard InChI is InChI=1S/C12H17NOS/c1-9-2-3-11(6-9)13-12(14)7-10-4-5-15-8-10/h4-5,8-9,11H,2-3,6-7H2,1H3,(H,13,14). The summed E-state index contributed by atoms with van der Waals surface area (Å²) in [7, 11) is 0. The maximum atomic E-state index is 11.7. The van der Waals surface area contributed by atoms with Gasteiger partial charge in [-0.25, -0.2) is 0 Å². The van der Waals surface area contributed by atoms with Crippen molar-refractivity contribution in [1.82, 2.24) is 5.32 Å². The van der Waals surface area contributed by atoms with Crippen molar-refractivity contribution >= 4 is 17.2 Å². The predicted molar refractivity (Wildman–Crippen MR) is 63.0 cm³/mol. The summed E-state index contributed by atoms with van der Waals surface area (Å²) >= 11 is 1.64. The van der Waals surface area contributed by atoms with Crippen LogP contribution < -0.4 is 5.32 Å². The molecule has 0 saturated heterocycles. The third-order valence-electron chi connectivity index (χ3n) is 3.00. The van der Waals surface area contributed by atoms with Crippen LogP contribution in [0.2, 0.25) is 0 Å². The fourth-order valence-corrected chi connectivity index (χ4v) is 2.86. The van der Waals surface area contributed by atoms with Gasteiger partial charge in [-0.3, -0.25) is 4.79 Å². The van der Waals surface area contributed by atoms with Crippen LogP contribution in [-0.2, 0) is 11.2 Å². The Labute approximate surface area is 94.7 Å². The van der Waals surface area contributed by atoms with Crippen LogP contribution in [0.15, 0.2) is 16.8 Å². The Hall–Kier alpha value is -0.830. The highest BCUT2D eigenvalue weighted by atomic mass is 32.1. The fourth-order valence-electron chi connectivity index (χ4n) is 2.20. The highest BCUT2D eigenvalue weighted by Gasteiger charge is 2.22. The molecule has 1 aliphatic rings. The van der Waals surface area contributed by atoms with Gasteiger partial charge in [0.05, 0.1) is 6.42 Å². The third kappa shape index (κ3) is 3.06. The number of rotatable bonds is 3. The molecule has 15 heavy (non-hydrogen) atoms. The average Bonchev–Trinajstić information content (AvgIpc) is 2.77. The molecule has 1 fully saturated rings. The normalized spacial score (nSPS) is 25.4. The lowest BCUT2D eigenvalue weighted by atomic mass is 10.1. The van der Waals surface area contributed by atoms with E-state index < -0.39 is 0 Å². The smallest absolute Gasteiger partial charge is 0.224 e. The Kier molecular flexibility index (Phi) is 3.41. The third-order valence-corrected chi connectivity index (χ3v) is 3.74. The van der Waals surface area contributed by atoms with E-state index in [4.69, 9.17) is 0 Å². The average molecular weight is 223 g/mol. The molecule has 2 rings (SSSR count). The summed E-state index contributed by atoms with van der Waals surface area (Å²) < 4.78 is 0. The second kappa shape index (κ2) is 4.79. The summed E-state index contributed by atoms with van der Waals surface area (Å²) in [6, 6.07) is 2.44. The minimum atomic E-state index is 0.174. The van der Waals surface area contributed by atoms with Crippen molar-refractivity contribution in [2.24, 2.45) is 5.92 Å². The quantitative estimate of drug-likeness (QED) is 0.838. The lowest BCUT2D eigenvalue weighted by Gasteiger charge is -2.11. The number of hydrogen-bond donors (Lipinski definition) is 1. The van der Waals surface area contributed by atoms with E-state index in [1.807, 2.05) is 16.8 Å². The monoisotopic (exact) mass is 223 g/mol. The first-order chi connectivity index (χ1) is 7.24. The van der Waals surface area contributed by atoms with Crippen LogP contribution in [0.4, 0.5) is 0 Å². The Balaban J connectivity index is 1.78. The summed E-state index contributed by atoms with van der Waals surface area (Å²) in [5.41, 5.74) is 1.13. The molecule has 0 bridgehead atoms. The van der Waals surface area contributed by atoms with Crippen molar-refractivity contribution < 1.29 is 4.79 Å². The van der Waals surface area contributed by atoms with Gasteiger partial charge >= 0.3 is 0 Å². The molecule has 1 saturated carbocycles. The van der Waals surface area contributed by atoms with Crippen LogP contribution in [0.25, 0.3) is 0 Å². The summed E-state index contributed by atoms with van der Waals surface area (Å²) in [5, 5.41) is 7.17. The Bertz CT molecular complexity index is 320. The number of amides is 1. The van der Waals surface area contributed by atoms with Crippen molar-refractivity contribution in [2.75, 3.05) is 0 Å². The number of carbonyl (C=O) groups is 1. The molecule has 1 amide bonds. The van der Waals surface area contributed by atoms with Crippen molar-refractivity contribution in [3.8, 4) is 0 Å². The second-order valence-corrected chi connectivity index (χ2v) is 5.27. The Morgan fingerprint density at radius 3 is 3.07 bits per heavy atom. The van der Waals surface area contributed by atoms with Crippen molar-refractivity contribution in [1.29, 1.82) is 0 Å². The molecule has 1 aromatic heterocycles. The van der Waals surface area contributed by atoms with E-state index >= 15 is 0 Å². The van der Waals surface area contributed by atoms with Crippen molar-refractivity contribution in [2.45, 2.75) is 38.6 Å². The van der Waals surface area contributed by atoms with Crippen LogP contribution in [0, 0.1) is 5.92 Å². The molecule has 1 N–H and O–H groups in total. The highest BCUT2D eigenvalue weighted by Crippen LogP contribution is 2.24. The summed E-state index contributed by atoms with van der Waals surface area (Å²) in [5.74, 6) is 0.948. The summed E-state index contributed by atoms with van der Waals surface area (Å²) in [6.07, 6.45) is 4.09. The molecular weight excluding hydrogens is 206 g/mol. The molecule has 0 radical (unpaired) electrons. The second-order valence-electron chi connectivity index (χ2n) is 4.49. The first kappa shape index (κ1) is 10.7. The minimum Gasteiger partial charge on any atom is -0.353 e. The van der Waals surface area contributed by atoms with E-state index in [0.717, 1.165) is 24.3 Å². The molecule has 2 unspecified atom stereocenters. The maximum absolute atomic E-state index is 11.7. The topological polar surface area (TPSA) is 29.1 Å². The molecule has 0 aliphatic heterocycles. The van der Waals surface area contributed by atoms with E-state index in [1.54, 1.807) is 11.3 Å². The van der Waals surface area contributed by atoms with Crippen LogP contribution in [0.1, 0.15) is 31.7 Å². The summed E-state index contributed by atoms with van der Waals surface area (Å²) in [4.78, 5) is 11.7. The van der Waals surface area contributed by atoms with Crippen LogP contribution in [-0.4, -0.2) is 11.9 Å². The van der Waals surface area contributed by atoms with Gasteiger partial charge in [-0.15, -0.1) is 0 Å². The Morgan fingerprint density at radius 2 is 2.47 bits per heavy atom. The zero-order chi connectivity index (χ0) is 10.7. The number of carbonyl (C=O) groups excluding carboxylic acids is 1. The van der Waals surface area contributed by atoms with Gasteiger partial charge in [0.25, 0.3) is 0 Å². The van der Waals surface area contributed by atoms with E-state index in [-0.39, 0.29) is 5.91 Å². The van der Waals surface area contributed by atoms with Gasteiger partial charge in [0, 0.05) is 6.04 Å². The highest BCUT2D eigenvalue weighted by molar-refractivity contribution is 7.07. The molecular formula is C12H17NOS. The zero-order valence-corrected chi connectivity index (χ0v) is 9.85. The number of hydrogen-bond acceptors (Lipinski definition) is 2. The van der Waals surface area contributed by atoms with Gasteiger partial charge in [-0.05, 0) is 47.6 Å². The molecule has 1 heterocycles. The van der Waals surface area contributed by atoms with Gasteiger partial charge in [-0.2, -0.15) is 11.3 Å². The molecule has 3 heteroatoms. The minimum absolute atomic E-state index is 0.174. The molecule has 0 spiro atoms. The van der Waals surface area contributed by atoms with Gasteiger partial charge in [0.15, 0.2) is 0 Å². The molecule has 1 aliphatic carbocycles. The lowest BCUT2D eigenvalue weighted by molar-refractivity contribution is -0.121. The van der Waals surface area contributed by atoms with Crippen LogP contribution >= 0.6 is 11.3 Å². The SMILES string of the molecule is CC1CCC(NC(=O)Cc2ccsc2)C1. The van der Waals surface area contributed by atoms with Gasteiger partial charge in [-0.1, -0.05) is 6.92 Å². The van der Waals surface area contributed by atoms with Gasteiger partial charge in [0.1, 0.15) is 0 Å². The largest absolute Gasteiger partial charge is 0.353 e. The van der Waals surface area contributed by atoms with E-state index in [9.17, 15) is 4.79 Å². The van der Waals surface area contributed by atoms with E-state index in [2.05, 4.69) is 12.2 Å². The van der Waals surface area contributed by atoms with Crippen LogP contribution in [0.5, 0.6) is 0 Å². The zero-order valence-electron chi connectivity index (χ0n) is 9.03.